The van der Waals surface area contributed by atoms with Crippen LogP contribution >= 0.6 is 0 Å². The van der Waals surface area contributed by atoms with E-state index in [1.807, 2.05) is 30.3 Å². The number of hydrogen-bond donors (Lipinski definition) is 0. The van der Waals surface area contributed by atoms with Gasteiger partial charge in [0.15, 0.2) is 0 Å². The van der Waals surface area contributed by atoms with E-state index in [9.17, 15) is 4.79 Å². The summed E-state index contributed by atoms with van der Waals surface area (Å²) < 4.78 is 5.20. The number of rotatable bonds is 1. The van der Waals surface area contributed by atoms with Crippen molar-refractivity contribution in [2.24, 2.45) is 0 Å². The monoisotopic (exact) mass is 219 g/mol. The average molecular weight is 219 g/mol. The van der Waals surface area contributed by atoms with Crippen molar-refractivity contribution in [2.45, 2.75) is 18.5 Å². The lowest BCUT2D eigenvalue weighted by atomic mass is 10.0. The number of cyclic esters (lactones) is 1. The van der Waals surface area contributed by atoms with Crippen molar-refractivity contribution in [1.29, 1.82) is 0 Å². The highest BCUT2D eigenvalue weighted by Gasteiger charge is 2.43. The van der Waals surface area contributed by atoms with Crippen LogP contribution in [0.2, 0.25) is 0 Å². The van der Waals surface area contributed by atoms with Crippen molar-refractivity contribution >= 4 is 5.97 Å². The van der Waals surface area contributed by atoms with Crippen LogP contribution in [0.5, 0.6) is 0 Å². The number of esters is 1. The Morgan fingerprint density at radius 3 is 2.81 bits per heavy atom. The number of hydrogen-bond acceptors (Lipinski definition) is 4. The van der Waals surface area contributed by atoms with Gasteiger partial charge in [-0.2, -0.15) is 5.06 Å². The third kappa shape index (κ3) is 1.50. The summed E-state index contributed by atoms with van der Waals surface area (Å²) in [7, 11) is 0. The van der Waals surface area contributed by atoms with E-state index in [2.05, 4.69) is 0 Å². The van der Waals surface area contributed by atoms with Gasteiger partial charge in [0.05, 0.1) is 12.6 Å². The molecule has 0 amide bonds. The predicted molar refractivity (Wildman–Crippen MR) is 56.3 cm³/mol. The molecule has 2 aliphatic heterocycles. The summed E-state index contributed by atoms with van der Waals surface area (Å²) in [4.78, 5) is 17.0. The Kier molecular flexibility index (Phi) is 2.38. The van der Waals surface area contributed by atoms with Crippen LogP contribution in [0.4, 0.5) is 0 Å². The van der Waals surface area contributed by atoms with Crippen LogP contribution in [0, 0.1) is 0 Å². The van der Waals surface area contributed by atoms with Crippen molar-refractivity contribution in [3.8, 4) is 0 Å². The van der Waals surface area contributed by atoms with E-state index in [-0.39, 0.29) is 18.1 Å². The Bertz CT molecular complexity index is 393. The summed E-state index contributed by atoms with van der Waals surface area (Å²) in [5.74, 6) is -0.162. The van der Waals surface area contributed by atoms with Gasteiger partial charge < -0.3 is 4.74 Å². The normalized spacial score (nSPS) is 29.9. The Morgan fingerprint density at radius 1 is 1.19 bits per heavy atom. The van der Waals surface area contributed by atoms with E-state index in [1.54, 1.807) is 5.06 Å². The molecule has 16 heavy (non-hydrogen) atoms. The third-order valence-electron chi connectivity index (χ3n) is 3.09. The lowest BCUT2D eigenvalue weighted by Crippen LogP contribution is -2.46. The molecule has 0 aliphatic carbocycles. The van der Waals surface area contributed by atoms with Gasteiger partial charge >= 0.3 is 5.97 Å². The molecule has 0 N–H and O–H groups in total. The second-order valence-corrected chi connectivity index (χ2v) is 4.05. The fourth-order valence-electron chi connectivity index (χ4n) is 2.26. The Hall–Kier alpha value is -1.39. The molecule has 2 aliphatic rings. The van der Waals surface area contributed by atoms with E-state index in [0.29, 0.717) is 13.2 Å². The molecule has 2 fully saturated rings. The van der Waals surface area contributed by atoms with Crippen molar-refractivity contribution < 1.29 is 14.4 Å². The summed E-state index contributed by atoms with van der Waals surface area (Å²) in [6, 6.07) is 9.81. The van der Waals surface area contributed by atoms with Gasteiger partial charge in [0.2, 0.25) is 0 Å². The molecule has 1 aromatic carbocycles. The Labute approximate surface area is 93.7 Å². The molecule has 0 aromatic heterocycles. The Balaban J connectivity index is 1.89. The lowest BCUT2D eigenvalue weighted by Gasteiger charge is -2.34. The SMILES string of the molecule is O=C1OC[C@@H](c2ccccc2)N2OCC[C@H]12. The zero-order chi connectivity index (χ0) is 11.0. The van der Waals surface area contributed by atoms with Crippen molar-refractivity contribution in [2.75, 3.05) is 13.2 Å². The molecule has 4 nitrogen and oxygen atoms in total. The molecule has 84 valence electrons. The first-order valence-corrected chi connectivity index (χ1v) is 5.49. The predicted octanol–water partition coefficient (Wildman–Crippen LogP) is 1.29. The van der Waals surface area contributed by atoms with Gasteiger partial charge in [-0.1, -0.05) is 30.3 Å². The van der Waals surface area contributed by atoms with E-state index in [4.69, 9.17) is 9.57 Å². The molecular weight excluding hydrogens is 206 g/mol. The van der Waals surface area contributed by atoms with Gasteiger partial charge in [-0.25, -0.2) is 0 Å². The fourth-order valence-corrected chi connectivity index (χ4v) is 2.26. The molecule has 0 unspecified atom stereocenters. The van der Waals surface area contributed by atoms with E-state index in [1.165, 1.54) is 0 Å². The minimum absolute atomic E-state index is 0.0337. The summed E-state index contributed by atoms with van der Waals surface area (Å²) in [5, 5.41) is 1.79. The third-order valence-corrected chi connectivity index (χ3v) is 3.09. The number of carbonyl (C=O) groups excluding carboxylic acids is 1. The van der Waals surface area contributed by atoms with Gasteiger partial charge in [0, 0.05) is 6.42 Å². The van der Waals surface area contributed by atoms with Gasteiger partial charge in [0.1, 0.15) is 12.6 Å². The maximum Gasteiger partial charge on any atom is 0.325 e. The fraction of sp³-hybridized carbons (Fsp3) is 0.417. The first kappa shape index (κ1) is 9.81. The first-order valence-electron chi connectivity index (χ1n) is 5.49. The molecule has 0 radical (unpaired) electrons. The van der Waals surface area contributed by atoms with E-state index in [0.717, 1.165) is 12.0 Å². The first-order chi connectivity index (χ1) is 7.86. The molecule has 0 spiro atoms. The molecule has 2 heterocycles. The molecular formula is C12H13NO3. The largest absolute Gasteiger partial charge is 0.462 e. The van der Waals surface area contributed by atoms with Crippen LogP contribution < -0.4 is 0 Å². The number of hydroxylamine groups is 2. The summed E-state index contributed by atoms with van der Waals surface area (Å²) in [6.07, 6.45) is 0.724. The smallest absolute Gasteiger partial charge is 0.325 e. The lowest BCUT2D eigenvalue weighted by molar-refractivity contribution is -0.214. The van der Waals surface area contributed by atoms with Gasteiger partial charge in [-0.3, -0.25) is 9.63 Å². The van der Waals surface area contributed by atoms with E-state index < -0.39 is 0 Å². The highest BCUT2D eigenvalue weighted by molar-refractivity contribution is 5.76. The van der Waals surface area contributed by atoms with Crippen molar-refractivity contribution in [3.63, 3.8) is 0 Å². The zero-order valence-corrected chi connectivity index (χ0v) is 8.83. The number of ether oxygens (including phenoxy) is 1. The van der Waals surface area contributed by atoms with Crippen LogP contribution in [0.3, 0.4) is 0 Å². The van der Waals surface area contributed by atoms with Crippen LogP contribution in [0.25, 0.3) is 0 Å². The van der Waals surface area contributed by atoms with Gasteiger partial charge in [-0.15, -0.1) is 0 Å². The zero-order valence-electron chi connectivity index (χ0n) is 8.83. The van der Waals surface area contributed by atoms with Crippen LogP contribution in [0.15, 0.2) is 30.3 Å². The molecule has 0 saturated carbocycles. The van der Waals surface area contributed by atoms with Crippen molar-refractivity contribution in [1.82, 2.24) is 5.06 Å². The maximum absolute atomic E-state index is 11.5. The molecule has 0 bridgehead atoms. The number of nitrogens with zero attached hydrogens (tertiary/aromatic N) is 1. The van der Waals surface area contributed by atoms with Gasteiger partial charge in [-0.05, 0) is 5.56 Å². The number of morpholine rings is 1. The molecule has 1 aromatic rings. The average Bonchev–Trinajstić information content (AvgIpc) is 2.81. The number of fused-ring (bicyclic) bond motifs is 1. The minimum atomic E-state index is -0.223. The van der Waals surface area contributed by atoms with Crippen LogP contribution in [-0.4, -0.2) is 30.3 Å². The van der Waals surface area contributed by atoms with Crippen LogP contribution in [0.1, 0.15) is 18.0 Å². The molecule has 2 saturated heterocycles. The second-order valence-electron chi connectivity index (χ2n) is 4.05. The van der Waals surface area contributed by atoms with Crippen LogP contribution in [-0.2, 0) is 14.4 Å². The summed E-state index contributed by atoms with van der Waals surface area (Å²) >= 11 is 0. The second kappa shape index (κ2) is 3.88. The number of carbonyl (C=O) groups is 1. The Morgan fingerprint density at radius 2 is 2.00 bits per heavy atom. The topological polar surface area (TPSA) is 38.8 Å². The highest BCUT2D eigenvalue weighted by Crippen LogP contribution is 2.32. The molecule has 2 atom stereocenters. The number of benzene rings is 1. The quantitative estimate of drug-likeness (QED) is 0.667. The van der Waals surface area contributed by atoms with Gasteiger partial charge in [0.25, 0.3) is 0 Å². The highest BCUT2D eigenvalue weighted by atomic mass is 16.7. The molecule has 3 rings (SSSR count). The summed E-state index contributed by atoms with van der Waals surface area (Å²) in [6.45, 7) is 0.975. The van der Waals surface area contributed by atoms with Crippen molar-refractivity contribution in [3.05, 3.63) is 35.9 Å². The molecule has 4 heteroatoms. The standard InChI is InChI=1S/C12H13NO3/c14-12-10-6-7-16-13(10)11(8-15-12)9-4-2-1-3-5-9/h1-5,10-11H,6-8H2/t10-,11+/m1/s1. The van der Waals surface area contributed by atoms with E-state index >= 15 is 0 Å². The minimum Gasteiger partial charge on any atom is -0.462 e. The summed E-state index contributed by atoms with van der Waals surface area (Å²) in [5.41, 5.74) is 1.13. The maximum atomic E-state index is 11.5.